The van der Waals surface area contributed by atoms with Gasteiger partial charge in [0.05, 0.1) is 5.56 Å². The topological polar surface area (TPSA) is 54.5 Å². The van der Waals surface area contributed by atoms with Gasteiger partial charge in [0.15, 0.2) is 5.82 Å². The van der Waals surface area contributed by atoms with Gasteiger partial charge in [-0.25, -0.2) is 9.97 Å². The number of imidazole rings is 1. The van der Waals surface area contributed by atoms with E-state index in [9.17, 15) is 5.26 Å². The summed E-state index contributed by atoms with van der Waals surface area (Å²) in [4.78, 5) is 8.72. The van der Waals surface area contributed by atoms with Crippen molar-refractivity contribution in [2.24, 2.45) is 0 Å². The van der Waals surface area contributed by atoms with Crippen LogP contribution in [0.15, 0.2) is 18.5 Å². The van der Waals surface area contributed by atoms with Crippen molar-refractivity contribution in [2.45, 2.75) is 27.2 Å². The average Bonchev–Trinajstić information content (AvgIpc) is 2.75. The Balaban J connectivity index is 2.71. The number of hydrogen-bond donors (Lipinski definition) is 0. The van der Waals surface area contributed by atoms with Crippen molar-refractivity contribution >= 4 is 0 Å². The first kappa shape index (κ1) is 11.3. The van der Waals surface area contributed by atoms with Crippen molar-refractivity contribution in [3.8, 4) is 11.9 Å². The van der Waals surface area contributed by atoms with E-state index in [0.29, 0.717) is 11.4 Å². The quantitative estimate of drug-likeness (QED) is 0.789. The van der Waals surface area contributed by atoms with Crippen LogP contribution in [0.25, 0.3) is 5.82 Å². The van der Waals surface area contributed by atoms with E-state index in [0.717, 1.165) is 23.5 Å². The molecule has 0 aliphatic rings. The zero-order valence-electron chi connectivity index (χ0n) is 10.2. The summed E-state index contributed by atoms with van der Waals surface area (Å²) in [5.41, 5.74) is 2.47. The molecule has 4 nitrogen and oxygen atoms in total. The molecular weight excluding hydrogens is 212 g/mol. The standard InChI is InChI=1S/C13H14N4/c1-4-12-15-5-6-17(12)13-11(8-14)9(2)7-10(3)16-13/h5-7H,4H2,1-3H3. The summed E-state index contributed by atoms with van der Waals surface area (Å²) in [5, 5.41) is 9.23. The van der Waals surface area contributed by atoms with E-state index >= 15 is 0 Å². The van der Waals surface area contributed by atoms with Crippen LogP contribution in [0, 0.1) is 25.2 Å². The Kier molecular flexibility index (Phi) is 2.92. The van der Waals surface area contributed by atoms with Gasteiger partial charge in [-0.2, -0.15) is 5.26 Å². The van der Waals surface area contributed by atoms with E-state index in [1.165, 1.54) is 0 Å². The maximum Gasteiger partial charge on any atom is 0.156 e. The maximum absolute atomic E-state index is 9.23. The lowest BCUT2D eigenvalue weighted by molar-refractivity contribution is 0.857. The third-order valence-electron chi connectivity index (χ3n) is 2.70. The lowest BCUT2D eigenvalue weighted by atomic mass is 10.1. The minimum absolute atomic E-state index is 0.614. The van der Waals surface area contributed by atoms with Crippen LogP contribution < -0.4 is 0 Å². The number of aryl methyl sites for hydroxylation is 3. The van der Waals surface area contributed by atoms with Gasteiger partial charge in [0, 0.05) is 24.5 Å². The molecule has 0 bridgehead atoms. The van der Waals surface area contributed by atoms with Gasteiger partial charge in [0.25, 0.3) is 0 Å². The summed E-state index contributed by atoms with van der Waals surface area (Å²) in [6.07, 6.45) is 4.40. The Bertz CT molecular complexity index is 590. The van der Waals surface area contributed by atoms with Gasteiger partial charge in [-0.05, 0) is 25.5 Å². The summed E-state index contributed by atoms with van der Waals surface area (Å²) >= 11 is 0. The zero-order valence-corrected chi connectivity index (χ0v) is 10.2. The number of rotatable bonds is 2. The molecule has 4 heteroatoms. The third kappa shape index (κ3) is 1.92. The molecule has 0 radical (unpaired) electrons. The molecule has 2 aromatic rings. The van der Waals surface area contributed by atoms with Crippen LogP contribution in [0.5, 0.6) is 0 Å². The zero-order chi connectivity index (χ0) is 12.4. The van der Waals surface area contributed by atoms with Gasteiger partial charge in [0.2, 0.25) is 0 Å². The van der Waals surface area contributed by atoms with Crippen LogP contribution >= 0.6 is 0 Å². The molecule has 86 valence electrons. The fourth-order valence-corrected chi connectivity index (χ4v) is 1.92. The van der Waals surface area contributed by atoms with Gasteiger partial charge < -0.3 is 0 Å². The van der Waals surface area contributed by atoms with Crippen LogP contribution in [-0.4, -0.2) is 14.5 Å². The van der Waals surface area contributed by atoms with E-state index in [1.54, 1.807) is 6.20 Å². The van der Waals surface area contributed by atoms with E-state index in [1.807, 2.05) is 37.6 Å². The average molecular weight is 226 g/mol. The summed E-state index contributed by atoms with van der Waals surface area (Å²) in [5.74, 6) is 1.60. The second-order valence-electron chi connectivity index (χ2n) is 3.96. The number of hydrogen-bond acceptors (Lipinski definition) is 3. The third-order valence-corrected chi connectivity index (χ3v) is 2.70. The van der Waals surface area contributed by atoms with Crippen molar-refractivity contribution in [1.82, 2.24) is 14.5 Å². The highest BCUT2D eigenvalue weighted by molar-refractivity contribution is 5.50. The molecule has 0 unspecified atom stereocenters. The highest BCUT2D eigenvalue weighted by Gasteiger charge is 2.12. The van der Waals surface area contributed by atoms with Crippen LogP contribution in [0.2, 0.25) is 0 Å². The Morgan fingerprint density at radius 1 is 1.41 bits per heavy atom. The fourth-order valence-electron chi connectivity index (χ4n) is 1.92. The predicted octanol–water partition coefficient (Wildman–Crippen LogP) is 2.32. The van der Waals surface area contributed by atoms with Crippen LogP contribution in [0.4, 0.5) is 0 Å². The molecular formula is C13H14N4. The van der Waals surface area contributed by atoms with Gasteiger partial charge in [-0.1, -0.05) is 6.92 Å². The highest BCUT2D eigenvalue weighted by atomic mass is 15.1. The smallest absolute Gasteiger partial charge is 0.156 e. The monoisotopic (exact) mass is 226 g/mol. The maximum atomic E-state index is 9.23. The molecule has 2 heterocycles. The molecule has 17 heavy (non-hydrogen) atoms. The van der Waals surface area contributed by atoms with Crippen molar-refractivity contribution in [3.05, 3.63) is 41.1 Å². The number of nitriles is 1. The molecule has 0 N–H and O–H groups in total. The summed E-state index contributed by atoms with van der Waals surface area (Å²) < 4.78 is 1.89. The first-order chi connectivity index (χ1) is 8.17. The van der Waals surface area contributed by atoms with Gasteiger partial charge in [-0.15, -0.1) is 0 Å². The Morgan fingerprint density at radius 3 is 2.82 bits per heavy atom. The fraction of sp³-hybridized carbons (Fsp3) is 0.308. The van der Waals surface area contributed by atoms with E-state index in [2.05, 4.69) is 16.0 Å². The Labute approximate surface area is 101 Å². The molecule has 0 spiro atoms. The van der Waals surface area contributed by atoms with E-state index in [4.69, 9.17) is 0 Å². The van der Waals surface area contributed by atoms with Crippen molar-refractivity contribution in [3.63, 3.8) is 0 Å². The minimum Gasteiger partial charge on any atom is -0.287 e. The van der Waals surface area contributed by atoms with Gasteiger partial charge in [0.1, 0.15) is 11.9 Å². The minimum atomic E-state index is 0.614. The summed E-state index contributed by atoms with van der Waals surface area (Å²) in [6, 6.07) is 4.14. The largest absolute Gasteiger partial charge is 0.287 e. The van der Waals surface area contributed by atoms with Crippen molar-refractivity contribution < 1.29 is 0 Å². The highest BCUT2D eigenvalue weighted by Crippen LogP contribution is 2.18. The van der Waals surface area contributed by atoms with E-state index < -0.39 is 0 Å². The predicted molar refractivity (Wildman–Crippen MR) is 64.9 cm³/mol. The summed E-state index contributed by atoms with van der Waals surface area (Å²) in [7, 11) is 0. The number of nitrogens with zero attached hydrogens (tertiary/aromatic N) is 4. The molecule has 0 aliphatic carbocycles. The first-order valence-electron chi connectivity index (χ1n) is 5.58. The van der Waals surface area contributed by atoms with Crippen LogP contribution in [-0.2, 0) is 6.42 Å². The number of pyridine rings is 1. The number of aromatic nitrogens is 3. The Hall–Kier alpha value is -2.15. The van der Waals surface area contributed by atoms with Crippen LogP contribution in [0.1, 0.15) is 29.6 Å². The lowest BCUT2D eigenvalue weighted by Gasteiger charge is -2.10. The SMILES string of the molecule is CCc1nccn1-c1nc(C)cc(C)c1C#N. The lowest BCUT2D eigenvalue weighted by Crippen LogP contribution is -2.06. The molecule has 2 aromatic heterocycles. The molecule has 0 amide bonds. The second-order valence-corrected chi connectivity index (χ2v) is 3.96. The van der Waals surface area contributed by atoms with Gasteiger partial charge in [-0.3, -0.25) is 4.57 Å². The van der Waals surface area contributed by atoms with Crippen molar-refractivity contribution in [2.75, 3.05) is 0 Å². The van der Waals surface area contributed by atoms with Gasteiger partial charge >= 0.3 is 0 Å². The van der Waals surface area contributed by atoms with E-state index in [-0.39, 0.29) is 0 Å². The summed E-state index contributed by atoms with van der Waals surface area (Å²) in [6.45, 7) is 5.90. The molecule has 0 saturated carbocycles. The van der Waals surface area contributed by atoms with Crippen molar-refractivity contribution in [1.29, 1.82) is 5.26 Å². The van der Waals surface area contributed by atoms with Crippen LogP contribution in [0.3, 0.4) is 0 Å². The molecule has 0 aliphatic heterocycles. The second kappa shape index (κ2) is 4.38. The Morgan fingerprint density at radius 2 is 2.18 bits per heavy atom. The molecule has 0 atom stereocenters. The molecule has 0 saturated heterocycles. The molecule has 0 aromatic carbocycles. The molecule has 0 fully saturated rings. The molecule has 2 rings (SSSR count). The first-order valence-corrected chi connectivity index (χ1v) is 5.58. The normalized spacial score (nSPS) is 10.2.